The van der Waals surface area contributed by atoms with Gasteiger partial charge < -0.3 is 14.5 Å². The van der Waals surface area contributed by atoms with Gasteiger partial charge in [0.2, 0.25) is 5.95 Å². The number of aryl methyl sites for hydroxylation is 1. The van der Waals surface area contributed by atoms with Crippen LogP contribution in [0, 0.1) is 12.3 Å². The summed E-state index contributed by atoms with van der Waals surface area (Å²) in [4.78, 5) is 14.4. The van der Waals surface area contributed by atoms with E-state index >= 15 is 0 Å². The van der Waals surface area contributed by atoms with Crippen LogP contribution in [-0.4, -0.2) is 42.8 Å². The second-order valence-corrected chi connectivity index (χ2v) is 11.0. The second kappa shape index (κ2) is 7.54. The van der Waals surface area contributed by atoms with E-state index in [1.54, 1.807) is 0 Å². The van der Waals surface area contributed by atoms with Gasteiger partial charge in [-0.3, -0.25) is 0 Å². The average Bonchev–Trinajstić information content (AvgIpc) is 2.78. The van der Waals surface area contributed by atoms with Crippen LogP contribution in [0.5, 0.6) is 0 Å². The smallest absolute Gasteiger partial charge is 0.225 e. The number of nitrogens with zero attached hydrogens (tertiary/aromatic N) is 4. The predicted molar refractivity (Wildman–Crippen MR) is 135 cm³/mol. The molecule has 3 fully saturated rings. The molecule has 1 saturated carbocycles. The summed E-state index contributed by atoms with van der Waals surface area (Å²) in [6, 6.07) is 18.6. The first-order valence-electron chi connectivity index (χ1n) is 12.7. The van der Waals surface area contributed by atoms with Crippen molar-refractivity contribution in [3.8, 4) is 0 Å². The van der Waals surface area contributed by atoms with E-state index in [1.165, 1.54) is 52.9 Å². The molecule has 4 aliphatic rings. The molecule has 0 unspecified atom stereocenters. The number of benzene rings is 2. The van der Waals surface area contributed by atoms with Crippen LogP contribution in [0.1, 0.15) is 47.2 Å². The highest BCUT2D eigenvalue weighted by molar-refractivity contribution is 5.53. The van der Waals surface area contributed by atoms with Crippen molar-refractivity contribution in [3.05, 3.63) is 82.7 Å². The topological polar surface area (TPSA) is 41.5 Å². The summed E-state index contributed by atoms with van der Waals surface area (Å²) in [7, 11) is 0. The van der Waals surface area contributed by atoms with Crippen molar-refractivity contribution in [1.29, 1.82) is 0 Å². The number of rotatable bonds is 4. The Morgan fingerprint density at radius 3 is 2.21 bits per heavy atom. The molecule has 34 heavy (non-hydrogen) atoms. The first-order chi connectivity index (χ1) is 16.6. The molecule has 3 aromatic rings. The summed E-state index contributed by atoms with van der Waals surface area (Å²) >= 11 is 0. The maximum absolute atomic E-state index is 5.40. The number of hydrogen-bond donors (Lipinski definition) is 0. The summed E-state index contributed by atoms with van der Waals surface area (Å²) in [5, 5.41) is 0. The molecule has 5 nitrogen and oxygen atoms in total. The van der Waals surface area contributed by atoms with Crippen molar-refractivity contribution in [1.82, 2.24) is 9.97 Å². The van der Waals surface area contributed by atoms with E-state index in [9.17, 15) is 0 Å². The van der Waals surface area contributed by atoms with Crippen LogP contribution in [-0.2, 0) is 23.1 Å². The van der Waals surface area contributed by atoms with Gasteiger partial charge in [0.15, 0.2) is 0 Å². The van der Waals surface area contributed by atoms with Gasteiger partial charge in [0.05, 0.1) is 24.3 Å². The van der Waals surface area contributed by atoms with Gasteiger partial charge in [-0.15, -0.1) is 0 Å². The van der Waals surface area contributed by atoms with Crippen LogP contribution in [0.15, 0.2) is 54.7 Å². The van der Waals surface area contributed by atoms with E-state index in [2.05, 4.69) is 71.5 Å². The predicted octanol–water partition coefficient (Wildman–Crippen LogP) is 4.65. The van der Waals surface area contributed by atoms with Crippen LogP contribution >= 0.6 is 0 Å². The minimum atomic E-state index is 0.200. The molecule has 0 radical (unpaired) electrons. The monoisotopic (exact) mass is 452 g/mol. The molecule has 2 saturated heterocycles. The zero-order valence-corrected chi connectivity index (χ0v) is 20.0. The molecule has 0 amide bonds. The number of hydrogen-bond acceptors (Lipinski definition) is 5. The molecule has 0 bridgehead atoms. The average molecular weight is 453 g/mol. The van der Waals surface area contributed by atoms with Gasteiger partial charge in [0.25, 0.3) is 0 Å². The summed E-state index contributed by atoms with van der Waals surface area (Å²) in [6.45, 7) is 7.92. The molecule has 174 valence electrons. The summed E-state index contributed by atoms with van der Waals surface area (Å²) in [6.07, 6.45) is 6.84. The first-order valence-corrected chi connectivity index (χ1v) is 12.7. The molecule has 2 aromatic carbocycles. The Balaban J connectivity index is 1.07. The lowest BCUT2D eigenvalue weighted by atomic mass is 9.60. The first kappa shape index (κ1) is 20.5. The van der Waals surface area contributed by atoms with Gasteiger partial charge in [-0.1, -0.05) is 48.4 Å². The summed E-state index contributed by atoms with van der Waals surface area (Å²) in [5.41, 5.74) is 8.62. The summed E-state index contributed by atoms with van der Waals surface area (Å²) in [5.74, 6) is 0.899. The van der Waals surface area contributed by atoms with Crippen molar-refractivity contribution in [2.75, 3.05) is 42.6 Å². The fourth-order valence-electron chi connectivity index (χ4n) is 6.29. The third-order valence-corrected chi connectivity index (χ3v) is 8.67. The SMILES string of the molecule is Cc1ccc(C2(c3ccc(N4CCc5nc(N6CC7(COC7)C6)ncc5C4)cc3)CCC2)cc1. The van der Waals surface area contributed by atoms with Crippen LogP contribution in [0.4, 0.5) is 11.6 Å². The molecular weight excluding hydrogens is 420 g/mol. The molecular formula is C29H32N4O. The van der Waals surface area contributed by atoms with Gasteiger partial charge in [-0.25, -0.2) is 9.97 Å². The Morgan fingerprint density at radius 1 is 0.882 bits per heavy atom. The van der Waals surface area contributed by atoms with E-state index in [0.717, 1.165) is 51.8 Å². The lowest BCUT2D eigenvalue weighted by Crippen LogP contribution is -2.66. The van der Waals surface area contributed by atoms with E-state index in [4.69, 9.17) is 14.7 Å². The van der Waals surface area contributed by atoms with Crippen LogP contribution in [0.2, 0.25) is 0 Å². The van der Waals surface area contributed by atoms with E-state index < -0.39 is 0 Å². The van der Waals surface area contributed by atoms with E-state index in [-0.39, 0.29) is 5.41 Å². The number of aromatic nitrogens is 2. The zero-order valence-electron chi connectivity index (χ0n) is 20.0. The minimum absolute atomic E-state index is 0.200. The lowest BCUT2D eigenvalue weighted by Gasteiger charge is -2.54. The minimum Gasteiger partial charge on any atom is -0.380 e. The van der Waals surface area contributed by atoms with E-state index in [1.807, 2.05) is 0 Å². The third kappa shape index (κ3) is 3.17. The van der Waals surface area contributed by atoms with Crippen LogP contribution in [0.25, 0.3) is 0 Å². The number of anilines is 2. The highest BCUT2D eigenvalue weighted by Gasteiger charge is 2.50. The maximum atomic E-state index is 5.40. The van der Waals surface area contributed by atoms with Crippen molar-refractivity contribution in [2.24, 2.45) is 5.41 Å². The molecule has 4 heterocycles. The Morgan fingerprint density at radius 2 is 1.59 bits per heavy atom. The second-order valence-electron chi connectivity index (χ2n) is 11.0. The zero-order chi connectivity index (χ0) is 22.8. The van der Waals surface area contributed by atoms with E-state index in [0.29, 0.717) is 5.41 Å². The standard InChI is InChI=1S/C29H32N4O/c1-21-3-5-23(6-4-21)29(12-2-13-29)24-7-9-25(10-8-24)32-14-11-26-22(16-32)15-30-27(31-26)33-17-28(18-33)19-34-20-28/h3-10,15H,2,11-14,16-20H2,1H3. The highest BCUT2D eigenvalue weighted by Crippen LogP contribution is 2.49. The quantitative estimate of drug-likeness (QED) is 0.576. The third-order valence-electron chi connectivity index (χ3n) is 8.67. The van der Waals surface area contributed by atoms with Crippen molar-refractivity contribution >= 4 is 11.6 Å². The van der Waals surface area contributed by atoms with Gasteiger partial charge >= 0.3 is 0 Å². The number of fused-ring (bicyclic) bond motifs is 1. The fourth-order valence-corrected chi connectivity index (χ4v) is 6.29. The van der Waals surface area contributed by atoms with Gasteiger partial charge in [-0.05, 0) is 43.0 Å². The van der Waals surface area contributed by atoms with Gasteiger partial charge in [0.1, 0.15) is 0 Å². The maximum Gasteiger partial charge on any atom is 0.225 e. The number of ether oxygens (including phenoxy) is 1. The van der Waals surface area contributed by atoms with Crippen molar-refractivity contribution in [2.45, 2.75) is 44.6 Å². The molecule has 1 spiro atoms. The highest BCUT2D eigenvalue weighted by atomic mass is 16.5. The van der Waals surface area contributed by atoms with Crippen molar-refractivity contribution in [3.63, 3.8) is 0 Å². The summed E-state index contributed by atoms with van der Waals surface area (Å²) < 4.78 is 5.40. The lowest BCUT2D eigenvalue weighted by molar-refractivity contribution is -0.127. The van der Waals surface area contributed by atoms with Gasteiger partial charge in [0, 0.05) is 55.5 Å². The van der Waals surface area contributed by atoms with Crippen molar-refractivity contribution < 1.29 is 4.74 Å². The largest absolute Gasteiger partial charge is 0.380 e. The Bertz CT molecular complexity index is 1200. The van der Waals surface area contributed by atoms with Crippen LogP contribution in [0.3, 0.4) is 0 Å². The molecule has 7 rings (SSSR count). The van der Waals surface area contributed by atoms with Gasteiger partial charge in [-0.2, -0.15) is 0 Å². The molecule has 1 aliphatic carbocycles. The molecule has 3 aliphatic heterocycles. The molecule has 0 atom stereocenters. The Hall–Kier alpha value is -2.92. The Labute approximate surface area is 201 Å². The fraction of sp³-hybridized carbons (Fsp3) is 0.448. The molecule has 5 heteroatoms. The molecule has 1 aromatic heterocycles. The van der Waals surface area contributed by atoms with Crippen LogP contribution < -0.4 is 9.80 Å². The molecule has 0 N–H and O–H groups in total. The Kier molecular flexibility index (Phi) is 4.54. The normalized spacial score (nSPS) is 21.9.